The number of alkyl halides is 3. The number of fused-ring (bicyclic) bond motifs is 1. The third-order valence-electron chi connectivity index (χ3n) is 1.83. The summed E-state index contributed by atoms with van der Waals surface area (Å²) in [7, 11) is 0. The summed E-state index contributed by atoms with van der Waals surface area (Å²) in [4.78, 5) is 3.58. The van der Waals surface area contributed by atoms with Gasteiger partial charge in [0.05, 0.1) is 11.3 Å². The number of ether oxygens (including phenoxy) is 1. The maximum Gasteiger partial charge on any atom is 0.417 e. The van der Waals surface area contributed by atoms with Crippen LogP contribution in [-0.4, -0.2) is 18.1 Å². The van der Waals surface area contributed by atoms with E-state index >= 15 is 0 Å². The molecule has 0 fully saturated rings. The molecule has 0 saturated carbocycles. The molecule has 0 unspecified atom stereocenters. The number of nitrogens with one attached hydrogen (secondary N) is 1. The molecule has 1 N–H and O–H groups in total. The van der Waals surface area contributed by atoms with E-state index in [1.54, 1.807) is 0 Å². The van der Waals surface area contributed by atoms with Crippen molar-refractivity contribution in [2.24, 2.45) is 0 Å². The van der Waals surface area contributed by atoms with Gasteiger partial charge in [0.1, 0.15) is 6.61 Å². The van der Waals surface area contributed by atoms with Gasteiger partial charge < -0.3 is 10.1 Å². The van der Waals surface area contributed by atoms with Crippen molar-refractivity contribution in [3.8, 4) is 5.88 Å². The highest BCUT2D eigenvalue weighted by atomic mass is 19.4. The second-order valence-corrected chi connectivity index (χ2v) is 2.85. The largest absolute Gasteiger partial charge is 0.474 e. The average molecular weight is 204 g/mol. The second kappa shape index (κ2) is 3.04. The van der Waals surface area contributed by atoms with E-state index in [0.29, 0.717) is 18.8 Å². The molecule has 1 aliphatic heterocycles. The lowest BCUT2D eigenvalue weighted by Crippen LogP contribution is -2.20. The Morgan fingerprint density at radius 3 is 2.93 bits per heavy atom. The zero-order chi connectivity index (χ0) is 10.2. The van der Waals surface area contributed by atoms with Gasteiger partial charge in [0.2, 0.25) is 5.88 Å². The summed E-state index contributed by atoms with van der Waals surface area (Å²) in [5.41, 5.74) is -0.472. The predicted octanol–water partition coefficient (Wildman–Crippen LogP) is 1.90. The summed E-state index contributed by atoms with van der Waals surface area (Å²) in [5, 5.41) is 2.79. The number of rotatable bonds is 0. The van der Waals surface area contributed by atoms with Crippen LogP contribution in [0.1, 0.15) is 5.56 Å². The molecule has 1 aromatic heterocycles. The number of pyridine rings is 1. The third-order valence-corrected chi connectivity index (χ3v) is 1.83. The summed E-state index contributed by atoms with van der Waals surface area (Å²) in [6.07, 6.45) is -3.59. The summed E-state index contributed by atoms with van der Waals surface area (Å²) < 4.78 is 41.8. The monoisotopic (exact) mass is 204 g/mol. The average Bonchev–Trinajstić information content (AvgIpc) is 2.16. The van der Waals surface area contributed by atoms with Gasteiger partial charge in [0, 0.05) is 12.7 Å². The van der Waals surface area contributed by atoms with Gasteiger partial charge in [-0.1, -0.05) is 0 Å². The highest BCUT2D eigenvalue weighted by Crippen LogP contribution is 2.33. The lowest BCUT2D eigenvalue weighted by atomic mass is 10.2. The van der Waals surface area contributed by atoms with Gasteiger partial charge in [-0.25, -0.2) is 4.98 Å². The normalized spacial score (nSPS) is 15.4. The molecule has 76 valence electrons. The van der Waals surface area contributed by atoms with Crippen molar-refractivity contribution in [1.82, 2.24) is 4.98 Å². The fraction of sp³-hybridized carbons (Fsp3) is 0.375. The molecular formula is C8H7F3N2O. The lowest BCUT2D eigenvalue weighted by molar-refractivity contribution is -0.137. The molecular weight excluding hydrogens is 197 g/mol. The lowest BCUT2D eigenvalue weighted by Gasteiger charge is -2.18. The van der Waals surface area contributed by atoms with Gasteiger partial charge in [-0.05, 0) is 6.07 Å². The van der Waals surface area contributed by atoms with Gasteiger partial charge in [-0.3, -0.25) is 0 Å². The van der Waals surface area contributed by atoms with Crippen molar-refractivity contribution in [1.29, 1.82) is 0 Å². The van der Waals surface area contributed by atoms with E-state index in [-0.39, 0.29) is 5.88 Å². The van der Waals surface area contributed by atoms with Crippen LogP contribution >= 0.6 is 0 Å². The summed E-state index contributed by atoms with van der Waals surface area (Å²) >= 11 is 0. The van der Waals surface area contributed by atoms with E-state index in [1.807, 2.05) is 0 Å². The summed E-state index contributed by atoms with van der Waals surface area (Å²) in [6, 6.07) is 1.00. The van der Waals surface area contributed by atoms with Crippen LogP contribution in [-0.2, 0) is 6.18 Å². The van der Waals surface area contributed by atoms with Crippen molar-refractivity contribution in [2.75, 3.05) is 18.5 Å². The van der Waals surface area contributed by atoms with Gasteiger partial charge >= 0.3 is 6.18 Å². The van der Waals surface area contributed by atoms with Crippen LogP contribution in [0.5, 0.6) is 5.88 Å². The van der Waals surface area contributed by atoms with Crippen LogP contribution in [0.3, 0.4) is 0 Å². The van der Waals surface area contributed by atoms with Crippen LogP contribution in [0.4, 0.5) is 18.9 Å². The van der Waals surface area contributed by atoms with Crippen molar-refractivity contribution in [2.45, 2.75) is 6.18 Å². The third kappa shape index (κ3) is 1.59. The highest BCUT2D eigenvalue weighted by molar-refractivity contribution is 5.55. The topological polar surface area (TPSA) is 34.2 Å². The van der Waals surface area contributed by atoms with Crippen molar-refractivity contribution >= 4 is 5.69 Å². The van der Waals surface area contributed by atoms with Crippen molar-refractivity contribution < 1.29 is 17.9 Å². The summed E-state index contributed by atoms with van der Waals surface area (Å²) in [5.74, 6) is 0.226. The molecule has 2 heterocycles. The fourth-order valence-electron chi connectivity index (χ4n) is 1.18. The molecule has 1 aliphatic rings. The van der Waals surface area contributed by atoms with Gasteiger partial charge in [0.25, 0.3) is 0 Å². The minimum absolute atomic E-state index is 0.226. The van der Waals surface area contributed by atoms with Gasteiger partial charge in [-0.2, -0.15) is 13.2 Å². The molecule has 0 radical (unpaired) electrons. The first-order chi connectivity index (χ1) is 6.57. The van der Waals surface area contributed by atoms with E-state index in [1.165, 1.54) is 0 Å². The Morgan fingerprint density at radius 2 is 2.21 bits per heavy atom. The number of halogens is 3. The highest BCUT2D eigenvalue weighted by Gasteiger charge is 2.32. The van der Waals surface area contributed by atoms with E-state index in [2.05, 4.69) is 10.3 Å². The van der Waals surface area contributed by atoms with E-state index in [9.17, 15) is 13.2 Å². The number of hydrogen-bond acceptors (Lipinski definition) is 3. The first kappa shape index (κ1) is 9.11. The zero-order valence-electron chi connectivity index (χ0n) is 7.06. The molecule has 0 aliphatic carbocycles. The Balaban J connectivity index is 2.39. The van der Waals surface area contributed by atoms with Crippen LogP contribution < -0.4 is 10.1 Å². The first-order valence-corrected chi connectivity index (χ1v) is 4.01. The Morgan fingerprint density at radius 1 is 1.43 bits per heavy atom. The molecule has 0 saturated heterocycles. The molecule has 2 rings (SSSR count). The standard InChI is InChI=1S/C8H7F3N2O/c9-8(10,11)5-3-6-7(13-4-5)14-2-1-12-6/h3-4,12H,1-2H2. The van der Waals surface area contributed by atoms with Gasteiger partial charge in [0.15, 0.2) is 0 Å². The molecule has 3 nitrogen and oxygen atoms in total. The Hall–Kier alpha value is -1.46. The maximum absolute atomic E-state index is 12.2. The van der Waals surface area contributed by atoms with E-state index in [4.69, 9.17) is 4.74 Å². The molecule has 1 aromatic rings. The molecule has 0 aromatic carbocycles. The van der Waals surface area contributed by atoms with E-state index in [0.717, 1.165) is 12.3 Å². The maximum atomic E-state index is 12.2. The number of nitrogens with zero attached hydrogens (tertiary/aromatic N) is 1. The smallest absolute Gasteiger partial charge is 0.417 e. The van der Waals surface area contributed by atoms with Gasteiger partial charge in [-0.15, -0.1) is 0 Å². The zero-order valence-corrected chi connectivity index (χ0v) is 7.06. The first-order valence-electron chi connectivity index (χ1n) is 4.01. The van der Waals surface area contributed by atoms with Crippen LogP contribution in [0.25, 0.3) is 0 Å². The second-order valence-electron chi connectivity index (χ2n) is 2.85. The number of aromatic nitrogens is 1. The van der Waals surface area contributed by atoms with E-state index < -0.39 is 11.7 Å². The Bertz CT molecular complexity index is 351. The molecule has 0 amide bonds. The number of hydrogen-bond donors (Lipinski definition) is 1. The Kier molecular flexibility index (Phi) is 1.98. The quantitative estimate of drug-likeness (QED) is 0.700. The fourth-order valence-corrected chi connectivity index (χ4v) is 1.18. The predicted molar refractivity (Wildman–Crippen MR) is 43.2 cm³/mol. The Labute approximate surface area is 77.9 Å². The number of anilines is 1. The van der Waals surface area contributed by atoms with Crippen LogP contribution in [0.15, 0.2) is 12.3 Å². The molecule has 6 heteroatoms. The van der Waals surface area contributed by atoms with Crippen LogP contribution in [0, 0.1) is 0 Å². The minimum Gasteiger partial charge on any atom is -0.474 e. The molecule has 0 atom stereocenters. The minimum atomic E-state index is -4.36. The van der Waals surface area contributed by atoms with Crippen molar-refractivity contribution in [3.05, 3.63) is 17.8 Å². The molecule has 0 bridgehead atoms. The van der Waals surface area contributed by atoms with Crippen molar-refractivity contribution in [3.63, 3.8) is 0 Å². The SMILES string of the molecule is FC(F)(F)c1cnc2c(c1)NCCO2. The van der Waals surface area contributed by atoms with Crippen LogP contribution in [0.2, 0.25) is 0 Å². The summed E-state index contributed by atoms with van der Waals surface area (Å²) in [6.45, 7) is 0.918. The molecule has 14 heavy (non-hydrogen) atoms. The molecule has 0 spiro atoms.